The molecule has 2 heterocycles. The standard InChI is InChI=1S/C13H14N4O4S/c1-4-21-12(19)8-7-15-9-10(22-13(20)16(2)3)14-5-6-17(9)11(8)18/h5-7H,4H2,1-3H3. The molecule has 0 aromatic carbocycles. The minimum atomic E-state index is -0.732. The third-order valence-corrected chi connectivity index (χ3v) is 3.66. The Morgan fingerprint density at radius 1 is 1.36 bits per heavy atom. The second-order valence-corrected chi connectivity index (χ2v) is 5.33. The van der Waals surface area contributed by atoms with Gasteiger partial charge in [-0.05, 0) is 18.7 Å². The molecule has 0 N–H and O–H groups in total. The molecule has 2 aromatic rings. The highest BCUT2D eigenvalue weighted by Crippen LogP contribution is 2.21. The van der Waals surface area contributed by atoms with Gasteiger partial charge in [-0.2, -0.15) is 0 Å². The maximum Gasteiger partial charge on any atom is 0.345 e. The van der Waals surface area contributed by atoms with Crippen LogP contribution in [0.5, 0.6) is 0 Å². The summed E-state index contributed by atoms with van der Waals surface area (Å²) >= 11 is 0.852. The third-order valence-electron chi connectivity index (χ3n) is 2.64. The Morgan fingerprint density at radius 3 is 2.73 bits per heavy atom. The van der Waals surface area contributed by atoms with Gasteiger partial charge in [0, 0.05) is 32.7 Å². The molecule has 0 saturated carbocycles. The van der Waals surface area contributed by atoms with Crippen molar-refractivity contribution in [2.45, 2.75) is 11.9 Å². The number of ether oxygens (including phenoxy) is 1. The predicted molar refractivity (Wildman–Crippen MR) is 80.2 cm³/mol. The van der Waals surface area contributed by atoms with Gasteiger partial charge in [-0.1, -0.05) is 0 Å². The highest BCUT2D eigenvalue weighted by atomic mass is 32.2. The van der Waals surface area contributed by atoms with Crippen molar-refractivity contribution in [3.05, 3.63) is 34.5 Å². The summed E-state index contributed by atoms with van der Waals surface area (Å²) in [6.45, 7) is 1.81. The number of aromatic nitrogens is 3. The topological polar surface area (TPSA) is 93.9 Å². The molecule has 8 nitrogen and oxygen atoms in total. The van der Waals surface area contributed by atoms with Crippen molar-refractivity contribution in [2.75, 3.05) is 20.7 Å². The first-order valence-electron chi connectivity index (χ1n) is 6.38. The number of rotatable bonds is 3. The van der Waals surface area contributed by atoms with Crippen LogP contribution in [-0.4, -0.2) is 51.2 Å². The molecule has 0 aliphatic heterocycles. The van der Waals surface area contributed by atoms with Crippen LogP contribution in [-0.2, 0) is 4.74 Å². The van der Waals surface area contributed by atoms with Crippen LogP contribution in [0.4, 0.5) is 4.79 Å². The number of carbonyl (C=O) groups excluding carboxylic acids is 2. The molecule has 0 aliphatic rings. The fourth-order valence-corrected chi connectivity index (χ4v) is 2.29. The van der Waals surface area contributed by atoms with E-state index in [4.69, 9.17) is 4.74 Å². The molecule has 0 radical (unpaired) electrons. The molecule has 9 heteroatoms. The van der Waals surface area contributed by atoms with E-state index in [0.717, 1.165) is 18.0 Å². The first kappa shape index (κ1) is 16.0. The summed E-state index contributed by atoms with van der Waals surface area (Å²) in [4.78, 5) is 45.3. The summed E-state index contributed by atoms with van der Waals surface area (Å²) in [6.07, 6.45) is 3.90. The van der Waals surface area contributed by atoms with Gasteiger partial charge in [0.25, 0.3) is 10.8 Å². The third kappa shape index (κ3) is 3.08. The van der Waals surface area contributed by atoms with Crippen LogP contribution in [0.1, 0.15) is 17.3 Å². The largest absolute Gasteiger partial charge is 0.462 e. The average Bonchev–Trinajstić information content (AvgIpc) is 2.48. The van der Waals surface area contributed by atoms with E-state index in [1.165, 1.54) is 21.7 Å². The van der Waals surface area contributed by atoms with Gasteiger partial charge in [-0.15, -0.1) is 0 Å². The SMILES string of the molecule is CCOC(=O)c1cnc2c(SC(=O)N(C)C)nccn2c1=O. The highest BCUT2D eigenvalue weighted by Gasteiger charge is 2.18. The zero-order valence-electron chi connectivity index (χ0n) is 12.3. The predicted octanol–water partition coefficient (Wildman–Crippen LogP) is 1.04. The summed E-state index contributed by atoms with van der Waals surface area (Å²) in [5, 5.41) is 0.0398. The van der Waals surface area contributed by atoms with Crippen molar-refractivity contribution in [1.29, 1.82) is 0 Å². The molecule has 0 unspecified atom stereocenters. The number of fused-ring (bicyclic) bond motifs is 1. The van der Waals surface area contributed by atoms with Crippen LogP contribution in [0, 0.1) is 0 Å². The fourth-order valence-electron chi connectivity index (χ4n) is 1.59. The molecule has 22 heavy (non-hydrogen) atoms. The molecule has 116 valence electrons. The zero-order valence-corrected chi connectivity index (χ0v) is 13.1. The van der Waals surface area contributed by atoms with Gasteiger partial charge in [0.15, 0.2) is 5.65 Å². The van der Waals surface area contributed by atoms with E-state index in [-0.39, 0.29) is 28.1 Å². The Hall–Kier alpha value is -2.42. The normalized spacial score (nSPS) is 10.5. The first-order valence-corrected chi connectivity index (χ1v) is 7.20. The van der Waals surface area contributed by atoms with Gasteiger partial charge in [0.05, 0.1) is 6.61 Å². The van der Waals surface area contributed by atoms with Gasteiger partial charge in [0.1, 0.15) is 10.6 Å². The van der Waals surface area contributed by atoms with Crippen LogP contribution in [0.3, 0.4) is 0 Å². The number of carbonyl (C=O) groups is 2. The molecule has 1 amide bonds. The lowest BCUT2D eigenvalue weighted by atomic mass is 10.3. The number of amides is 1. The number of esters is 1. The lowest BCUT2D eigenvalue weighted by Crippen LogP contribution is -2.25. The number of hydrogen-bond acceptors (Lipinski definition) is 7. The van der Waals surface area contributed by atoms with E-state index >= 15 is 0 Å². The Labute approximate surface area is 130 Å². The highest BCUT2D eigenvalue weighted by molar-refractivity contribution is 8.13. The molecule has 0 fully saturated rings. The maximum absolute atomic E-state index is 12.3. The number of thioether (sulfide) groups is 1. The molecule has 0 bridgehead atoms. The number of hydrogen-bond donors (Lipinski definition) is 0. The minimum absolute atomic E-state index is 0.162. The van der Waals surface area contributed by atoms with Gasteiger partial charge >= 0.3 is 5.97 Å². The quantitative estimate of drug-likeness (QED) is 0.615. The Kier molecular flexibility index (Phi) is 4.76. The van der Waals surface area contributed by atoms with Crippen LogP contribution < -0.4 is 5.56 Å². The number of nitrogens with zero attached hydrogens (tertiary/aromatic N) is 4. The van der Waals surface area contributed by atoms with Crippen LogP contribution in [0.25, 0.3) is 5.65 Å². The summed E-state index contributed by atoms with van der Waals surface area (Å²) in [5.74, 6) is -0.732. The fraction of sp³-hybridized carbons (Fsp3) is 0.308. The Balaban J connectivity index is 2.52. The lowest BCUT2D eigenvalue weighted by molar-refractivity contribution is 0.0523. The van der Waals surface area contributed by atoms with E-state index in [2.05, 4.69) is 9.97 Å². The van der Waals surface area contributed by atoms with Crippen LogP contribution in [0.15, 0.2) is 28.4 Å². The molecule has 0 saturated heterocycles. The summed E-state index contributed by atoms with van der Waals surface area (Å²) in [5.41, 5.74) is -0.522. The van der Waals surface area contributed by atoms with E-state index in [1.54, 1.807) is 21.0 Å². The zero-order chi connectivity index (χ0) is 16.3. The second kappa shape index (κ2) is 6.56. The lowest BCUT2D eigenvalue weighted by Gasteiger charge is -2.10. The molecule has 0 spiro atoms. The summed E-state index contributed by atoms with van der Waals surface area (Å²) in [6, 6.07) is 0. The van der Waals surface area contributed by atoms with Crippen LogP contribution >= 0.6 is 11.8 Å². The minimum Gasteiger partial charge on any atom is -0.462 e. The van der Waals surface area contributed by atoms with Crippen molar-refractivity contribution >= 4 is 28.6 Å². The summed E-state index contributed by atoms with van der Waals surface area (Å²) in [7, 11) is 3.22. The molecule has 2 aromatic heterocycles. The Morgan fingerprint density at radius 2 is 2.09 bits per heavy atom. The van der Waals surface area contributed by atoms with Gasteiger partial charge in [-0.25, -0.2) is 14.8 Å². The molecule has 0 aliphatic carbocycles. The molecule has 0 atom stereocenters. The van der Waals surface area contributed by atoms with Crippen molar-refractivity contribution < 1.29 is 14.3 Å². The maximum atomic E-state index is 12.3. The first-order chi connectivity index (χ1) is 10.5. The van der Waals surface area contributed by atoms with E-state index in [0.29, 0.717) is 0 Å². The molecule has 2 rings (SSSR count). The van der Waals surface area contributed by atoms with E-state index < -0.39 is 11.5 Å². The van der Waals surface area contributed by atoms with Gasteiger partial charge in [-0.3, -0.25) is 14.0 Å². The van der Waals surface area contributed by atoms with Gasteiger partial charge in [0.2, 0.25) is 0 Å². The smallest absolute Gasteiger partial charge is 0.345 e. The molecular formula is C13H14N4O4S. The van der Waals surface area contributed by atoms with Crippen LogP contribution in [0.2, 0.25) is 0 Å². The van der Waals surface area contributed by atoms with Crippen molar-refractivity contribution in [2.24, 2.45) is 0 Å². The Bertz CT molecular complexity index is 787. The van der Waals surface area contributed by atoms with Crippen molar-refractivity contribution in [1.82, 2.24) is 19.3 Å². The van der Waals surface area contributed by atoms with Crippen molar-refractivity contribution in [3.8, 4) is 0 Å². The average molecular weight is 322 g/mol. The monoisotopic (exact) mass is 322 g/mol. The van der Waals surface area contributed by atoms with E-state index in [1.807, 2.05) is 0 Å². The second-order valence-electron chi connectivity index (χ2n) is 4.39. The van der Waals surface area contributed by atoms with E-state index in [9.17, 15) is 14.4 Å². The van der Waals surface area contributed by atoms with Crippen molar-refractivity contribution in [3.63, 3.8) is 0 Å². The van der Waals surface area contributed by atoms with Gasteiger partial charge < -0.3 is 9.64 Å². The molecular weight excluding hydrogens is 308 g/mol. The summed E-state index contributed by atoms with van der Waals surface area (Å²) < 4.78 is 5.98.